The summed E-state index contributed by atoms with van der Waals surface area (Å²) in [6.45, 7) is 1.84. The van der Waals surface area contributed by atoms with Crippen LogP contribution in [0.25, 0.3) is 0 Å². The second kappa shape index (κ2) is 4.69. The standard InChI is InChI=1S/C11H12N4O2S/c1-6-13-14-11(15(6)2)18-8-5-3-4-7(9(8)12)10(16)17/h3-5H,12H2,1-2H3,(H,16,17). The molecule has 2 rings (SSSR count). The third kappa shape index (κ3) is 2.17. The summed E-state index contributed by atoms with van der Waals surface area (Å²) >= 11 is 1.29. The van der Waals surface area contributed by atoms with E-state index < -0.39 is 5.97 Å². The fourth-order valence-corrected chi connectivity index (χ4v) is 2.31. The van der Waals surface area contributed by atoms with Gasteiger partial charge in [0.1, 0.15) is 5.82 Å². The van der Waals surface area contributed by atoms with Crippen molar-refractivity contribution in [3.63, 3.8) is 0 Å². The summed E-state index contributed by atoms with van der Waals surface area (Å²) in [5.41, 5.74) is 6.17. The molecule has 0 bridgehead atoms. The van der Waals surface area contributed by atoms with Crippen LogP contribution in [0.4, 0.5) is 5.69 Å². The van der Waals surface area contributed by atoms with E-state index in [1.807, 2.05) is 18.5 Å². The summed E-state index contributed by atoms with van der Waals surface area (Å²) in [7, 11) is 1.84. The van der Waals surface area contributed by atoms with Crippen molar-refractivity contribution in [2.45, 2.75) is 17.0 Å². The molecule has 1 aromatic carbocycles. The maximum Gasteiger partial charge on any atom is 0.337 e. The Morgan fingerprint density at radius 1 is 1.44 bits per heavy atom. The molecule has 0 aliphatic carbocycles. The van der Waals surface area contributed by atoms with Crippen molar-refractivity contribution >= 4 is 23.4 Å². The number of para-hydroxylation sites is 1. The number of aryl methyl sites for hydroxylation is 1. The lowest BCUT2D eigenvalue weighted by atomic mass is 10.2. The summed E-state index contributed by atoms with van der Waals surface area (Å²) in [4.78, 5) is 11.6. The molecule has 6 nitrogen and oxygen atoms in total. The zero-order chi connectivity index (χ0) is 13.3. The first-order valence-electron chi connectivity index (χ1n) is 5.16. The third-order valence-corrected chi connectivity index (χ3v) is 3.66. The molecule has 0 radical (unpaired) electrons. The Morgan fingerprint density at radius 3 is 2.72 bits per heavy atom. The molecule has 0 unspecified atom stereocenters. The van der Waals surface area contributed by atoms with Crippen LogP contribution in [0.3, 0.4) is 0 Å². The molecule has 3 N–H and O–H groups in total. The molecular weight excluding hydrogens is 252 g/mol. The first-order chi connectivity index (χ1) is 8.50. The largest absolute Gasteiger partial charge is 0.478 e. The molecular formula is C11H12N4O2S. The van der Waals surface area contributed by atoms with Crippen molar-refractivity contribution in [1.82, 2.24) is 14.8 Å². The topological polar surface area (TPSA) is 94.0 Å². The quantitative estimate of drug-likeness (QED) is 0.817. The fourth-order valence-electron chi connectivity index (χ4n) is 1.39. The van der Waals surface area contributed by atoms with Gasteiger partial charge in [-0.25, -0.2) is 4.79 Å². The van der Waals surface area contributed by atoms with E-state index in [0.717, 1.165) is 5.82 Å². The number of nitrogens with two attached hydrogens (primary N) is 1. The zero-order valence-electron chi connectivity index (χ0n) is 9.91. The van der Waals surface area contributed by atoms with Gasteiger partial charge in [-0.1, -0.05) is 6.07 Å². The minimum Gasteiger partial charge on any atom is -0.478 e. The van der Waals surface area contributed by atoms with E-state index in [4.69, 9.17) is 10.8 Å². The zero-order valence-corrected chi connectivity index (χ0v) is 10.7. The number of carboxylic acid groups (broad SMARTS) is 1. The number of carboxylic acids is 1. The monoisotopic (exact) mass is 264 g/mol. The summed E-state index contributed by atoms with van der Waals surface area (Å²) < 4.78 is 1.82. The van der Waals surface area contributed by atoms with Crippen LogP contribution in [0.1, 0.15) is 16.2 Å². The van der Waals surface area contributed by atoms with Crippen molar-refractivity contribution in [2.24, 2.45) is 7.05 Å². The number of aromatic carboxylic acids is 1. The predicted molar refractivity (Wildman–Crippen MR) is 67.7 cm³/mol. The Balaban J connectivity index is 2.38. The van der Waals surface area contributed by atoms with Crippen molar-refractivity contribution in [1.29, 1.82) is 0 Å². The highest BCUT2D eigenvalue weighted by Crippen LogP contribution is 2.32. The van der Waals surface area contributed by atoms with E-state index in [2.05, 4.69) is 10.2 Å². The molecule has 0 aliphatic rings. The van der Waals surface area contributed by atoms with Crippen LogP contribution < -0.4 is 5.73 Å². The smallest absolute Gasteiger partial charge is 0.337 e. The molecule has 7 heteroatoms. The number of aromatic nitrogens is 3. The summed E-state index contributed by atoms with van der Waals surface area (Å²) in [6.07, 6.45) is 0. The Labute approximate surface area is 108 Å². The summed E-state index contributed by atoms with van der Waals surface area (Å²) in [5.74, 6) is -0.255. The molecule has 0 amide bonds. The predicted octanol–water partition coefficient (Wildman–Crippen LogP) is 1.56. The normalized spacial score (nSPS) is 10.6. The van der Waals surface area contributed by atoms with Gasteiger partial charge in [0, 0.05) is 11.9 Å². The average molecular weight is 264 g/mol. The van der Waals surface area contributed by atoms with Gasteiger partial charge in [-0.15, -0.1) is 10.2 Å². The number of benzene rings is 1. The van der Waals surface area contributed by atoms with Gasteiger partial charge in [0.2, 0.25) is 0 Å². The van der Waals surface area contributed by atoms with Crippen LogP contribution in [-0.2, 0) is 7.05 Å². The second-order valence-corrected chi connectivity index (χ2v) is 4.72. The Morgan fingerprint density at radius 2 is 2.17 bits per heavy atom. The molecule has 2 aromatic rings. The van der Waals surface area contributed by atoms with E-state index in [1.165, 1.54) is 17.8 Å². The van der Waals surface area contributed by atoms with Crippen molar-refractivity contribution in [2.75, 3.05) is 5.73 Å². The highest BCUT2D eigenvalue weighted by molar-refractivity contribution is 7.99. The van der Waals surface area contributed by atoms with Crippen molar-refractivity contribution in [3.05, 3.63) is 29.6 Å². The molecule has 1 aromatic heterocycles. The molecule has 18 heavy (non-hydrogen) atoms. The van der Waals surface area contributed by atoms with E-state index in [1.54, 1.807) is 12.1 Å². The van der Waals surface area contributed by atoms with Gasteiger partial charge in [-0.3, -0.25) is 0 Å². The lowest BCUT2D eigenvalue weighted by Gasteiger charge is -2.07. The molecule has 1 heterocycles. The fraction of sp³-hybridized carbons (Fsp3) is 0.182. The lowest BCUT2D eigenvalue weighted by Crippen LogP contribution is -2.03. The van der Waals surface area contributed by atoms with Gasteiger partial charge >= 0.3 is 5.97 Å². The highest BCUT2D eigenvalue weighted by atomic mass is 32.2. The van der Waals surface area contributed by atoms with E-state index in [9.17, 15) is 4.79 Å². The van der Waals surface area contributed by atoms with Gasteiger partial charge in [-0.2, -0.15) is 0 Å². The van der Waals surface area contributed by atoms with Crippen LogP contribution >= 0.6 is 11.8 Å². The first-order valence-corrected chi connectivity index (χ1v) is 5.98. The highest BCUT2D eigenvalue weighted by Gasteiger charge is 2.14. The minimum absolute atomic E-state index is 0.0962. The lowest BCUT2D eigenvalue weighted by molar-refractivity contribution is 0.0698. The minimum atomic E-state index is -1.04. The van der Waals surface area contributed by atoms with Crippen LogP contribution in [0.15, 0.2) is 28.3 Å². The van der Waals surface area contributed by atoms with Gasteiger partial charge in [0.05, 0.1) is 11.3 Å². The van der Waals surface area contributed by atoms with Gasteiger partial charge in [0.25, 0.3) is 0 Å². The van der Waals surface area contributed by atoms with E-state index in [0.29, 0.717) is 10.1 Å². The number of hydrogen-bond acceptors (Lipinski definition) is 5. The molecule has 94 valence electrons. The van der Waals surface area contributed by atoms with E-state index >= 15 is 0 Å². The van der Waals surface area contributed by atoms with Crippen LogP contribution in [0.5, 0.6) is 0 Å². The van der Waals surface area contributed by atoms with Crippen LogP contribution in [0.2, 0.25) is 0 Å². The Bertz CT molecular complexity index is 609. The van der Waals surface area contributed by atoms with Gasteiger partial charge in [-0.05, 0) is 30.8 Å². The number of anilines is 1. The number of nitrogens with zero attached hydrogens (tertiary/aromatic N) is 3. The van der Waals surface area contributed by atoms with Gasteiger partial charge < -0.3 is 15.4 Å². The SMILES string of the molecule is Cc1nnc(Sc2cccc(C(=O)O)c2N)n1C. The second-order valence-electron chi connectivity index (χ2n) is 3.71. The molecule has 0 fully saturated rings. The summed E-state index contributed by atoms with van der Waals surface area (Å²) in [6, 6.07) is 4.89. The molecule has 0 aliphatic heterocycles. The summed E-state index contributed by atoms with van der Waals surface area (Å²) in [5, 5.41) is 17.6. The number of hydrogen-bond donors (Lipinski definition) is 2. The molecule has 0 atom stereocenters. The number of nitrogen functional groups attached to an aromatic ring is 1. The average Bonchev–Trinajstić information content (AvgIpc) is 2.63. The maximum atomic E-state index is 11.0. The van der Waals surface area contributed by atoms with E-state index in [-0.39, 0.29) is 11.3 Å². The molecule has 0 spiro atoms. The van der Waals surface area contributed by atoms with Crippen molar-refractivity contribution < 1.29 is 9.90 Å². The first kappa shape index (κ1) is 12.4. The number of carbonyl (C=O) groups is 1. The van der Waals surface area contributed by atoms with Crippen molar-refractivity contribution in [3.8, 4) is 0 Å². The Kier molecular flexibility index (Phi) is 3.24. The maximum absolute atomic E-state index is 11.0. The van der Waals surface area contributed by atoms with Crippen LogP contribution in [-0.4, -0.2) is 25.8 Å². The Hall–Kier alpha value is -2.02. The van der Waals surface area contributed by atoms with Gasteiger partial charge in [0.15, 0.2) is 5.16 Å². The molecule has 0 saturated carbocycles. The number of rotatable bonds is 3. The molecule has 0 saturated heterocycles. The third-order valence-electron chi connectivity index (χ3n) is 2.55. The van der Waals surface area contributed by atoms with Crippen LogP contribution in [0, 0.1) is 6.92 Å².